The standard InChI is InChI=1S/C20H32O2/c1-13(2)10-16(21)12-15(4)17-8-9-20(5)18(17)7-6-14(3)11-19(20)22/h11,13,15,17-18H,6-10,12H2,1-5H3/t15?,17-,18-,20-/m1/s1. The first kappa shape index (κ1) is 17.4. The second-order valence-electron chi connectivity index (χ2n) is 8.44. The average Bonchev–Trinajstić information content (AvgIpc) is 2.68. The summed E-state index contributed by atoms with van der Waals surface area (Å²) in [4.78, 5) is 24.8. The summed E-state index contributed by atoms with van der Waals surface area (Å²) >= 11 is 0. The minimum absolute atomic E-state index is 0.183. The Morgan fingerprint density at radius 2 is 1.95 bits per heavy atom. The fraction of sp³-hybridized carbons (Fsp3) is 0.800. The van der Waals surface area contributed by atoms with E-state index in [1.807, 2.05) is 6.08 Å². The molecule has 124 valence electrons. The van der Waals surface area contributed by atoms with E-state index in [9.17, 15) is 9.59 Å². The lowest BCUT2D eigenvalue weighted by molar-refractivity contribution is -0.125. The number of hydrogen-bond donors (Lipinski definition) is 0. The van der Waals surface area contributed by atoms with Crippen molar-refractivity contribution in [1.29, 1.82) is 0 Å². The molecule has 2 nitrogen and oxygen atoms in total. The third kappa shape index (κ3) is 3.52. The topological polar surface area (TPSA) is 34.1 Å². The molecule has 2 rings (SSSR count). The molecule has 0 aromatic heterocycles. The van der Waals surface area contributed by atoms with Crippen LogP contribution in [0.15, 0.2) is 11.6 Å². The van der Waals surface area contributed by atoms with Crippen LogP contribution in [0, 0.1) is 29.1 Å². The first-order valence-corrected chi connectivity index (χ1v) is 8.97. The van der Waals surface area contributed by atoms with Gasteiger partial charge in [0.1, 0.15) is 5.78 Å². The Hall–Kier alpha value is -0.920. The zero-order valence-electron chi connectivity index (χ0n) is 14.9. The van der Waals surface area contributed by atoms with Crippen LogP contribution in [0.4, 0.5) is 0 Å². The van der Waals surface area contributed by atoms with Crippen LogP contribution >= 0.6 is 0 Å². The van der Waals surface area contributed by atoms with Gasteiger partial charge in [0.25, 0.3) is 0 Å². The van der Waals surface area contributed by atoms with Crippen LogP contribution in [0.1, 0.15) is 73.1 Å². The molecule has 2 aliphatic rings. The summed E-state index contributed by atoms with van der Waals surface area (Å²) in [6, 6.07) is 0. The Kier molecular flexibility index (Phi) is 5.29. The largest absolute Gasteiger partial charge is 0.300 e. The van der Waals surface area contributed by atoms with Crippen molar-refractivity contribution in [3.8, 4) is 0 Å². The highest BCUT2D eigenvalue weighted by Gasteiger charge is 2.50. The number of ketones is 2. The molecule has 0 radical (unpaired) electrons. The van der Waals surface area contributed by atoms with Crippen molar-refractivity contribution in [2.24, 2.45) is 29.1 Å². The van der Waals surface area contributed by atoms with Gasteiger partial charge in [0.15, 0.2) is 5.78 Å². The Labute approximate surface area is 135 Å². The molecule has 0 bridgehead atoms. The van der Waals surface area contributed by atoms with Crippen LogP contribution in [-0.2, 0) is 9.59 Å². The highest BCUT2D eigenvalue weighted by Crippen LogP contribution is 2.54. The second-order valence-corrected chi connectivity index (χ2v) is 8.44. The normalized spacial score (nSPS) is 33.4. The van der Waals surface area contributed by atoms with Gasteiger partial charge >= 0.3 is 0 Å². The molecular formula is C20H32O2. The third-order valence-electron chi connectivity index (χ3n) is 6.04. The molecule has 0 spiro atoms. The highest BCUT2D eigenvalue weighted by molar-refractivity contribution is 5.96. The number of carbonyl (C=O) groups excluding carboxylic acids is 2. The van der Waals surface area contributed by atoms with Crippen molar-refractivity contribution < 1.29 is 9.59 Å². The van der Waals surface area contributed by atoms with E-state index in [-0.39, 0.29) is 5.41 Å². The Bertz CT molecular complexity index is 474. The molecule has 2 aliphatic carbocycles. The SMILES string of the molecule is CC1=CC(=O)[C@]2(C)CC[C@H](C(C)CC(=O)CC(C)C)[C@H]2CC1. The maximum Gasteiger partial charge on any atom is 0.161 e. The molecule has 0 aromatic rings. The van der Waals surface area contributed by atoms with E-state index >= 15 is 0 Å². The van der Waals surface area contributed by atoms with E-state index < -0.39 is 0 Å². The van der Waals surface area contributed by atoms with Gasteiger partial charge < -0.3 is 0 Å². The minimum Gasteiger partial charge on any atom is -0.300 e. The van der Waals surface area contributed by atoms with Crippen LogP contribution < -0.4 is 0 Å². The molecular weight excluding hydrogens is 272 g/mol. The number of allylic oxidation sites excluding steroid dienone is 2. The van der Waals surface area contributed by atoms with Crippen LogP contribution in [0.25, 0.3) is 0 Å². The number of fused-ring (bicyclic) bond motifs is 1. The maximum absolute atomic E-state index is 12.6. The Morgan fingerprint density at radius 3 is 2.59 bits per heavy atom. The van der Waals surface area contributed by atoms with Gasteiger partial charge in [-0.05, 0) is 62.4 Å². The van der Waals surface area contributed by atoms with Crippen molar-refractivity contribution in [3.63, 3.8) is 0 Å². The van der Waals surface area contributed by atoms with E-state index in [1.165, 1.54) is 5.57 Å². The lowest BCUT2D eigenvalue weighted by Gasteiger charge is -2.33. The van der Waals surface area contributed by atoms with Gasteiger partial charge in [-0.2, -0.15) is 0 Å². The number of carbonyl (C=O) groups is 2. The summed E-state index contributed by atoms with van der Waals surface area (Å²) in [6.45, 7) is 10.7. The third-order valence-corrected chi connectivity index (χ3v) is 6.04. The van der Waals surface area contributed by atoms with Crippen LogP contribution in [0.5, 0.6) is 0 Å². The molecule has 0 amide bonds. The first-order chi connectivity index (χ1) is 10.2. The van der Waals surface area contributed by atoms with E-state index in [2.05, 4.69) is 34.6 Å². The van der Waals surface area contributed by atoms with Gasteiger partial charge in [-0.25, -0.2) is 0 Å². The summed E-state index contributed by atoms with van der Waals surface area (Å²) in [7, 11) is 0. The van der Waals surface area contributed by atoms with E-state index in [1.54, 1.807) is 0 Å². The molecule has 0 aliphatic heterocycles. The molecule has 0 saturated heterocycles. The Balaban J connectivity index is 2.08. The maximum atomic E-state index is 12.6. The zero-order chi connectivity index (χ0) is 16.5. The summed E-state index contributed by atoms with van der Waals surface area (Å²) < 4.78 is 0. The van der Waals surface area contributed by atoms with Crippen molar-refractivity contribution in [2.45, 2.75) is 73.1 Å². The predicted molar refractivity (Wildman–Crippen MR) is 90.6 cm³/mol. The second kappa shape index (κ2) is 6.68. The van der Waals surface area contributed by atoms with Crippen LogP contribution in [0.2, 0.25) is 0 Å². The molecule has 0 heterocycles. The summed E-state index contributed by atoms with van der Waals surface area (Å²) in [6.07, 6.45) is 7.52. The molecule has 1 saturated carbocycles. The van der Waals surface area contributed by atoms with E-state index in [0.29, 0.717) is 48.1 Å². The summed E-state index contributed by atoms with van der Waals surface area (Å²) in [5, 5.41) is 0. The predicted octanol–water partition coefficient (Wildman–Crippen LogP) is 4.97. The number of hydrogen-bond acceptors (Lipinski definition) is 2. The molecule has 0 N–H and O–H groups in total. The van der Waals surface area contributed by atoms with Crippen molar-refractivity contribution in [3.05, 3.63) is 11.6 Å². The molecule has 22 heavy (non-hydrogen) atoms. The van der Waals surface area contributed by atoms with Crippen molar-refractivity contribution >= 4 is 11.6 Å². The van der Waals surface area contributed by atoms with E-state index in [0.717, 1.165) is 25.7 Å². The van der Waals surface area contributed by atoms with Gasteiger partial charge in [0.2, 0.25) is 0 Å². The monoisotopic (exact) mass is 304 g/mol. The van der Waals surface area contributed by atoms with Crippen LogP contribution in [0.3, 0.4) is 0 Å². The Morgan fingerprint density at radius 1 is 1.27 bits per heavy atom. The lowest BCUT2D eigenvalue weighted by Crippen LogP contribution is -2.33. The summed E-state index contributed by atoms with van der Waals surface area (Å²) in [5.74, 6) is 2.56. The lowest BCUT2D eigenvalue weighted by atomic mass is 9.70. The van der Waals surface area contributed by atoms with Gasteiger partial charge in [-0.1, -0.05) is 33.3 Å². The molecule has 4 atom stereocenters. The van der Waals surface area contributed by atoms with Crippen molar-refractivity contribution in [1.82, 2.24) is 0 Å². The smallest absolute Gasteiger partial charge is 0.161 e. The average molecular weight is 304 g/mol. The summed E-state index contributed by atoms with van der Waals surface area (Å²) in [5.41, 5.74) is 1.04. The zero-order valence-corrected chi connectivity index (χ0v) is 14.9. The van der Waals surface area contributed by atoms with Crippen molar-refractivity contribution in [2.75, 3.05) is 0 Å². The van der Waals surface area contributed by atoms with Gasteiger partial charge in [-0.3, -0.25) is 9.59 Å². The number of rotatable bonds is 5. The molecule has 1 fully saturated rings. The first-order valence-electron chi connectivity index (χ1n) is 8.97. The molecule has 0 aromatic carbocycles. The fourth-order valence-electron chi connectivity index (χ4n) is 4.74. The quantitative estimate of drug-likeness (QED) is 0.718. The van der Waals surface area contributed by atoms with Gasteiger partial charge in [0, 0.05) is 18.3 Å². The van der Waals surface area contributed by atoms with Gasteiger partial charge in [-0.15, -0.1) is 0 Å². The molecule has 1 unspecified atom stereocenters. The fourth-order valence-corrected chi connectivity index (χ4v) is 4.74. The number of Topliss-reactive ketones (excluding diaryl/α,β-unsaturated/α-hetero) is 1. The van der Waals surface area contributed by atoms with Gasteiger partial charge in [0.05, 0.1) is 0 Å². The molecule has 2 heteroatoms. The minimum atomic E-state index is -0.183. The van der Waals surface area contributed by atoms with E-state index in [4.69, 9.17) is 0 Å². The van der Waals surface area contributed by atoms with Crippen LogP contribution in [-0.4, -0.2) is 11.6 Å². The highest BCUT2D eigenvalue weighted by atomic mass is 16.1.